The van der Waals surface area contributed by atoms with Gasteiger partial charge in [-0.2, -0.15) is 4.37 Å². The SMILES string of the molecule is CCCCCCCCC(=O)N1CCN(c2nc(Cc3cccc(OC)c3)ns2)CC1C. The van der Waals surface area contributed by atoms with Crippen molar-refractivity contribution in [2.24, 2.45) is 0 Å². The normalized spacial score (nSPS) is 16.5. The summed E-state index contributed by atoms with van der Waals surface area (Å²) in [5.74, 6) is 1.99. The predicted octanol–water partition coefficient (Wildman–Crippen LogP) is 4.93. The molecule has 3 rings (SSSR count). The number of nitrogens with zero attached hydrogens (tertiary/aromatic N) is 4. The molecule has 2 aromatic rings. The van der Waals surface area contributed by atoms with Crippen molar-refractivity contribution in [2.45, 2.75) is 71.3 Å². The summed E-state index contributed by atoms with van der Waals surface area (Å²) in [6.07, 6.45) is 8.67. The second-order valence-corrected chi connectivity index (χ2v) is 9.15. The number of unbranched alkanes of at least 4 members (excludes halogenated alkanes) is 5. The molecule has 31 heavy (non-hydrogen) atoms. The van der Waals surface area contributed by atoms with Crippen molar-refractivity contribution >= 4 is 22.6 Å². The zero-order chi connectivity index (χ0) is 22.1. The molecule has 0 radical (unpaired) electrons. The fourth-order valence-electron chi connectivity index (χ4n) is 4.11. The summed E-state index contributed by atoms with van der Waals surface area (Å²) in [7, 11) is 1.68. The summed E-state index contributed by atoms with van der Waals surface area (Å²) >= 11 is 1.45. The Kier molecular flexibility index (Phi) is 9.13. The van der Waals surface area contributed by atoms with E-state index in [1.165, 1.54) is 43.6 Å². The number of aromatic nitrogens is 2. The lowest BCUT2D eigenvalue weighted by Gasteiger charge is -2.39. The predicted molar refractivity (Wildman–Crippen MR) is 127 cm³/mol. The lowest BCUT2D eigenvalue weighted by molar-refractivity contribution is -0.133. The number of amides is 1. The molecule has 6 nitrogen and oxygen atoms in total. The minimum absolute atomic E-state index is 0.201. The smallest absolute Gasteiger partial charge is 0.222 e. The molecule has 1 aliphatic rings. The largest absolute Gasteiger partial charge is 0.497 e. The summed E-state index contributed by atoms with van der Waals surface area (Å²) in [4.78, 5) is 21.8. The molecule has 7 heteroatoms. The van der Waals surface area contributed by atoms with Crippen molar-refractivity contribution in [1.82, 2.24) is 14.3 Å². The van der Waals surface area contributed by atoms with E-state index in [9.17, 15) is 4.79 Å². The lowest BCUT2D eigenvalue weighted by Crippen LogP contribution is -2.54. The number of carbonyl (C=O) groups excluding carboxylic acids is 1. The fourth-order valence-corrected chi connectivity index (χ4v) is 4.83. The lowest BCUT2D eigenvalue weighted by atomic mass is 10.1. The molecule has 1 fully saturated rings. The first-order chi connectivity index (χ1) is 15.1. The number of piperazine rings is 1. The van der Waals surface area contributed by atoms with Crippen molar-refractivity contribution in [1.29, 1.82) is 0 Å². The van der Waals surface area contributed by atoms with E-state index in [0.29, 0.717) is 18.7 Å². The van der Waals surface area contributed by atoms with Crippen LogP contribution in [0.1, 0.15) is 70.2 Å². The van der Waals surface area contributed by atoms with Crippen LogP contribution in [0.3, 0.4) is 0 Å². The second kappa shape index (κ2) is 12.0. The van der Waals surface area contributed by atoms with Gasteiger partial charge < -0.3 is 14.5 Å². The monoisotopic (exact) mass is 444 g/mol. The third-order valence-electron chi connectivity index (χ3n) is 5.92. The number of methoxy groups -OCH3 is 1. The Bertz CT molecular complexity index is 825. The molecule has 170 valence electrons. The molecule has 1 aromatic heterocycles. The van der Waals surface area contributed by atoms with E-state index in [0.717, 1.165) is 48.3 Å². The van der Waals surface area contributed by atoms with Gasteiger partial charge in [-0.05, 0) is 31.0 Å². The maximum Gasteiger partial charge on any atom is 0.222 e. The summed E-state index contributed by atoms with van der Waals surface area (Å²) in [5, 5.41) is 0.952. The molecule has 1 atom stereocenters. The molecule has 1 unspecified atom stereocenters. The van der Waals surface area contributed by atoms with Crippen LogP contribution in [0.25, 0.3) is 0 Å². The van der Waals surface area contributed by atoms with E-state index in [2.05, 4.69) is 34.1 Å². The highest BCUT2D eigenvalue weighted by Gasteiger charge is 2.28. The van der Waals surface area contributed by atoms with Crippen LogP contribution in [-0.4, -0.2) is 53.0 Å². The number of hydrogen-bond acceptors (Lipinski definition) is 6. The first-order valence-electron chi connectivity index (χ1n) is 11.6. The van der Waals surface area contributed by atoms with Gasteiger partial charge in [0.1, 0.15) is 11.6 Å². The van der Waals surface area contributed by atoms with E-state index in [1.807, 2.05) is 18.2 Å². The van der Waals surface area contributed by atoms with Crippen molar-refractivity contribution in [2.75, 3.05) is 31.6 Å². The molecule has 1 saturated heterocycles. The topological polar surface area (TPSA) is 58.6 Å². The molecule has 0 bridgehead atoms. The standard InChI is InChI=1S/C24H36N4O2S/c1-4-5-6-7-8-9-13-23(29)28-15-14-27(18-19(28)2)24-25-22(26-31-24)17-20-11-10-12-21(16-20)30-3/h10-12,16,19H,4-9,13-15,17-18H2,1-3H3. The van der Waals surface area contributed by atoms with Crippen LogP contribution in [0.4, 0.5) is 5.13 Å². The molecule has 0 saturated carbocycles. The maximum atomic E-state index is 12.7. The van der Waals surface area contributed by atoms with Gasteiger partial charge in [-0.15, -0.1) is 0 Å². The van der Waals surface area contributed by atoms with Gasteiger partial charge in [0.25, 0.3) is 0 Å². The number of anilines is 1. The molecule has 1 aromatic carbocycles. The van der Waals surface area contributed by atoms with Gasteiger partial charge in [-0.1, -0.05) is 51.2 Å². The van der Waals surface area contributed by atoms with Gasteiger partial charge in [0.15, 0.2) is 0 Å². The van der Waals surface area contributed by atoms with Gasteiger partial charge in [0.2, 0.25) is 11.0 Å². The van der Waals surface area contributed by atoms with Crippen molar-refractivity contribution in [3.8, 4) is 5.75 Å². The van der Waals surface area contributed by atoms with Gasteiger partial charge >= 0.3 is 0 Å². The quantitative estimate of drug-likeness (QED) is 0.460. The maximum absolute atomic E-state index is 12.7. The minimum Gasteiger partial charge on any atom is -0.497 e. The van der Waals surface area contributed by atoms with Crippen LogP contribution >= 0.6 is 11.5 Å². The van der Waals surface area contributed by atoms with Gasteiger partial charge in [0.05, 0.1) is 7.11 Å². The van der Waals surface area contributed by atoms with Gasteiger partial charge in [0, 0.05) is 50.1 Å². The van der Waals surface area contributed by atoms with E-state index < -0.39 is 0 Å². The van der Waals surface area contributed by atoms with E-state index in [1.54, 1.807) is 7.11 Å². The Hall–Kier alpha value is -2.15. The van der Waals surface area contributed by atoms with E-state index in [-0.39, 0.29) is 6.04 Å². The second-order valence-electron chi connectivity index (χ2n) is 8.42. The Labute approximate surface area is 190 Å². The Morgan fingerprint density at radius 1 is 1.19 bits per heavy atom. The summed E-state index contributed by atoms with van der Waals surface area (Å²) < 4.78 is 9.86. The fraction of sp³-hybridized carbons (Fsp3) is 0.625. The van der Waals surface area contributed by atoms with Gasteiger partial charge in [-0.3, -0.25) is 4.79 Å². The minimum atomic E-state index is 0.201. The highest BCUT2D eigenvalue weighted by Crippen LogP contribution is 2.24. The Morgan fingerprint density at radius 2 is 2.00 bits per heavy atom. The van der Waals surface area contributed by atoms with Crippen LogP contribution < -0.4 is 9.64 Å². The van der Waals surface area contributed by atoms with Crippen molar-refractivity contribution in [3.63, 3.8) is 0 Å². The zero-order valence-corrected chi connectivity index (χ0v) is 20.0. The third kappa shape index (κ3) is 6.92. The van der Waals surface area contributed by atoms with E-state index >= 15 is 0 Å². The van der Waals surface area contributed by atoms with Crippen molar-refractivity contribution < 1.29 is 9.53 Å². The molecular formula is C24H36N4O2S. The molecule has 2 heterocycles. The number of benzene rings is 1. The highest BCUT2D eigenvalue weighted by atomic mass is 32.1. The van der Waals surface area contributed by atoms with Crippen LogP contribution in [0.5, 0.6) is 5.75 Å². The number of hydrogen-bond donors (Lipinski definition) is 0. The number of rotatable bonds is 11. The third-order valence-corrected chi connectivity index (χ3v) is 6.73. The average molecular weight is 445 g/mol. The molecule has 1 aliphatic heterocycles. The molecule has 1 amide bonds. The Balaban J connectivity index is 1.46. The summed E-state index contributed by atoms with van der Waals surface area (Å²) in [6, 6.07) is 8.23. The summed E-state index contributed by atoms with van der Waals surface area (Å²) in [5.41, 5.74) is 1.14. The van der Waals surface area contributed by atoms with Crippen LogP contribution in [0.2, 0.25) is 0 Å². The van der Waals surface area contributed by atoms with Crippen LogP contribution in [-0.2, 0) is 11.2 Å². The van der Waals surface area contributed by atoms with Gasteiger partial charge in [-0.25, -0.2) is 4.98 Å². The van der Waals surface area contributed by atoms with Crippen LogP contribution in [0.15, 0.2) is 24.3 Å². The summed E-state index contributed by atoms with van der Waals surface area (Å²) in [6.45, 7) is 6.77. The number of carbonyl (C=O) groups is 1. The number of ether oxygens (including phenoxy) is 1. The molecule has 0 spiro atoms. The highest BCUT2D eigenvalue weighted by molar-refractivity contribution is 7.09. The molecule has 0 N–H and O–H groups in total. The molecule has 0 aliphatic carbocycles. The van der Waals surface area contributed by atoms with Crippen LogP contribution in [0, 0.1) is 0 Å². The first-order valence-corrected chi connectivity index (χ1v) is 12.4. The molecular weight excluding hydrogens is 408 g/mol. The van der Waals surface area contributed by atoms with E-state index in [4.69, 9.17) is 9.72 Å². The average Bonchev–Trinajstić information content (AvgIpc) is 3.24. The first kappa shape index (κ1) is 23.5. The van der Waals surface area contributed by atoms with Crippen molar-refractivity contribution in [3.05, 3.63) is 35.7 Å². The zero-order valence-electron chi connectivity index (χ0n) is 19.2. The Morgan fingerprint density at radius 3 is 2.77 bits per heavy atom.